The highest BCUT2D eigenvalue weighted by Gasteiger charge is 2.20. The van der Waals surface area contributed by atoms with Crippen molar-refractivity contribution in [1.29, 1.82) is 0 Å². The topological polar surface area (TPSA) is 69.0 Å². The maximum absolute atomic E-state index is 12.9. The summed E-state index contributed by atoms with van der Waals surface area (Å²) in [7, 11) is 0. The number of aryl methyl sites for hydroxylation is 1. The van der Waals surface area contributed by atoms with Gasteiger partial charge in [0.2, 0.25) is 0 Å². The van der Waals surface area contributed by atoms with Crippen molar-refractivity contribution in [1.82, 2.24) is 14.8 Å². The Morgan fingerprint density at radius 2 is 1.55 bits per heavy atom. The molecular weight excluding hydrogens is 436 g/mol. The minimum Gasteiger partial charge on any atom is -0.457 e. The predicted molar refractivity (Wildman–Crippen MR) is 130 cm³/mol. The first-order valence-corrected chi connectivity index (χ1v) is 10.7. The van der Waals surface area contributed by atoms with Crippen LogP contribution in [0, 0.1) is 6.92 Å². The zero-order valence-corrected chi connectivity index (χ0v) is 18.5. The molecular formula is C26H19ClN4O2. The molecule has 5 rings (SSSR count). The fraction of sp³-hybridized carbons (Fsp3) is 0.0385. The van der Waals surface area contributed by atoms with Crippen molar-refractivity contribution in [2.24, 2.45) is 0 Å². The van der Waals surface area contributed by atoms with Gasteiger partial charge in [0, 0.05) is 11.9 Å². The van der Waals surface area contributed by atoms with E-state index in [0.29, 0.717) is 33.2 Å². The van der Waals surface area contributed by atoms with Crippen molar-refractivity contribution in [3.63, 3.8) is 0 Å². The number of carbonyl (C=O) groups excluding carboxylic acids is 1. The second-order valence-electron chi connectivity index (χ2n) is 7.41. The number of hydrogen-bond donors (Lipinski definition) is 1. The van der Waals surface area contributed by atoms with Gasteiger partial charge in [-0.25, -0.2) is 9.67 Å². The van der Waals surface area contributed by atoms with Gasteiger partial charge in [-0.1, -0.05) is 48.0 Å². The van der Waals surface area contributed by atoms with Crippen LogP contribution in [0.25, 0.3) is 16.7 Å². The number of ether oxygens (including phenoxy) is 1. The van der Waals surface area contributed by atoms with E-state index >= 15 is 0 Å². The number of para-hydroxylation sites is 2. The number of nitrogens with zero attached hydrogens (tertiary/aromatic N) is 3. The van der Waals surface area contributed by atoms with Crippen LogP contribution in [0.5, 0.6) is 11.5 Å². The fourth-order valence-electron chi connectivity index (χ4n) is 3.55. The van der Waals surface area contributed by atoms with E-state index in [9.17, 15) is 4.79 Å². The molecule has 0 saturated carbocycles. The molecule has 3 aromatic carbocycles. The zero-order valence-electron chi connectivity index (χ0n) is 17.7. The Morgan fingerprint density at radius 1 is 0.909 bits per heavy atom. The van der Waals surface area contributed by atoms with Crippen LogP contribution < -0.4 is 10.1 Å². The Balaban J connectivity index is 1.39. The summed E-state index contributed by atoms with van der Waals surface area (Å²) >= 11 is 6.65. The number of benzene rings is 3. The largest absolute Gasteiger partial charge is 0.457 e. The van der Waals surface area contributed by atoms with Crippen LogP contribution in [0.2, 0.25) is 5.02 Å². The summed E-state index contributed by atoms with van der Waals surface area (Å²) in [5.74, 6) is 1.06. The van der Waals surface area contributed by atoms with Gasteiger partial charge in [0.25, 0.3) is 5.91 Å². The molecule has 0 bridgehead atoms. The highest BCUT2D eigenvalue weighted by atomic mass is 35.5. The normalized spacial score (nSPS) is 10.8. The van der Waals surface area contributed by atoms with Crippen molar-refractivity contribution < 1.29 is 9.53 Å². The molecule has 5 aromatic rings. The number of carbonyl (C=O) groups is 1. The van der Waals surface area contributed by atoms with E-state index in [2.05, 4.69) is 15.4 Å². The lowest BCUT2D eigenvalue weighted by Gasteiger charge is -2.09. The minimum atomic E-state index is -0.349. The summed E-state index contributed by atoms with van der Waals surface area (Å²) in [6.07, 6.45) is 1.48. The molecule has 1 amide bonds. The lowest BCUT2D eigenvalue weighted by Crippen LogP contribution is -2.13. The number of anilines is 1. The van der Waals surface area contributed by atoms with E-state index in [4.69, 9.17) is 16.3 Å². The Hall–Kier alpha value is -4.16. The quantitative estimate of drug-likeness (QED) is 0.332. The zero-order chi connectivity index (χ0) is 22.8. The summed E-state index contributed by atoms with van der Waals surface area (Å²) in [4.78, 5) is 17.4. The maximum Gasteiger partial charge on any atom is 0.258 e. The van der Waals surface area contributed by atoms with Gasteiger partial charge in [0.05, 0.1) is 27.4 Å². The monoisotopic (exact) mass is 454 g/mol. The SMILES string of the molecule is Cc1nn(-c2ccccc2)c2ncc(C(=O)Nc3ccc(Oc4ccccc4)cc3)c(Cl)c12. The van der Waals surface area contributed by atoms with Gasteiger partial charge < -0.3 is 10.1 Å². The second-order valence-corrected chi connectivity index (χ2v) is 7.79. The number of nitrogens with one attached hydrogen (secondary N) is 1. The Morgan fingerprint density at radius 3 is 2.24 bits per heavy atom. The van der Waals surface area contributed by atoms with Gasteiger partial charge in [-0.05, 0) is 55.5 Å². The van der Waals surface area contributed by atoms with Crippen molar-refractivity contribution in [3.05, 3.63) is 107 Å². The van der Waals surface area contributed by atoms with Crippen molar-refractivity contribution in [3.8, 4) is 17.2 Å². The fourth-order valence-corrected chi connectivity index (χ4v) is 3.90. The molecule has 2 heterocycles. The summed E-state index contributed by atoms with van der Waals surface area (Å²) in [6.45, 7) is 1.85. The third kappa shape index (κ3) is 4.16. The summed E-state index contributed by atoms with van der Waals surface area (Å²) in [5, 5.41) is 8.41. The van der Waals surface area contributed by atoms with E-state index in [-0.39, 0.29) is 11.5 Å². The summed E-state index contributed by atoms with van der Waals surface area (Å²) in [5.41, 5.74) is 3.07. The van der Waals surface area contributed by atoms with Crippen LogP contribution in [-0.4, -0.2) is 20.7 Å². The van der Waals surface area contributed by atoms with E-state index in [1.54, 1.807) is 28.9 Å². The maximum atomic E-state index is 12.9. The molecule has 0 radical (unpaired) electrons. The molecule has 162 valence electrons. The summed E-state index contributed by atoms with van der Waals surface area (Å²) < 4.78 is 7.52. The first-order valence-electron chi connectivity index (χ1n) is 10.3. The van der Waals surface area contributed by atoms with Crippen LogP contribution in [0.1, 0.15) is 16.1 Å². The van der Waals surface area contributed by atoms with Crippen molar-refractivity contribution in [2.75, 3.05) is 5.32 Å². The number of pyridine rings is 1. The average Bonchev–Trinajstić information content (AvgIpc) is 3.19. The molecule has 0 aliphatic carbocycles. The van der Waals surface area contributed by atoms with Gasteiger partial charge in [-0.15, -0.1) is 0 Å². The lowest BCUT2D eigenvalue weighted by atomic mass is 10.2. The average molecular weight is 455 g/mol. The number of halogens is 1. The highest BCUT2D eigenvalue weighted by molar-refractivity contribution is 6.39. The summed E-state index contributed by atoms with van der Waals surface area (Å²) in [6, 6.07) is 26.3. The number of aromatic nitrogens is 3. The molecule has 0 spiro atoms. The molecule has 0 unspecified atom stereocenters. The van der Waals surface area contributed by atoms with Gasteiger partial charge >= 0.3 is 0 Å². The molecule has 7 heteroatoms. The number of fused-ring (bicyclic) bond motifs is 1. The molecule has 0 aliphatic heterocycles. The highest BCUT2D eigenvalue weighted by Crippen LogP contribution is 2.30. The molecule has 0 aliphatic rings. The molecule has 6 nitrogen and oxygen atoms in total. The van der Waals surface area contributed by atoms with Crippen LogP contribution >= 0.6 is 11.6 Å². The Bertz CT molecular complexity index is 1430. The van der Waals surface area contributed by atoms with E-state index in [0.717, 1.165) is 11.4 Å². The molecule has 0 fully saturated rings. The van der Waals surface area contributed by atoms with Gasteiger partial charge in [0.15, 0.2) is 5.65 Å². The van der Waals surface area contributed by atoms with Crippen LogP contribution in [0.3, 0.4) is 0 Å². The molecule has 2 aromatic heterocycles. The lowest BCUT2D eigenvalue weighted by molar-refractivity contribution is 0.102. The Labute approximate surface area is 195 Å². The standard InChI is InChI=1S/C26H19ClN4O2/c1-17-23-24(27)22(16-28-25(23)31(30-17)19-8-4-2-5-9-19)26(32)29-18-12-14-21(15-13-18)33-20-10-6-3-7-11-20/h2-16H,1H3,(H,29,32). The molecule has 0 atom stereocenters. The minimum absolute atomic E-state index is 0.282. The van der Waals surface area contributed by atoms with Gasteiger partial charge in [0.1, 0.15) is 11.5 Å². The molecule has 33 heavy (non-hydrogen) atoms. The van der Waals surface area contributed by atoms with Crippen LogP contribution in [-0.2, 0) is 0 Å². The number of hydrogen-bond acceptors (Lipinski definition) is 4. The number of rotatable bonds is 5. The molecule has 1 N–H and O–H groups in total. The third-order valence-corrected chi connectivity index (χ3v) is 5.54. The second kappa shape index (κ2) is 8.76. The van der Waals surface area contributed by atoms with E-state index in [1.165, 1.54) is 6.20 Å². The smallest absolute Gasteiger partial charge is 0.258 e. The van der Waals surface area contributed by atoms with Crippen molar-refractivity contribution in [2.45, 2.75) is 6.92 Å². The van der Waals surface area contributed by atoms with Crippen LogP contribution in [0.4, 0.5) is 5.69 Å². The first-order chi connectivity index (χ1) is 16.1. The number of amides is 1. The van der Waals surface area contributed by atoms with Gasteiger partial charge in [-0.2, -0.15) is 5.10 Å². The molecule has 0 saturated heterocycles. The third-order valence-electron chi connectivity index (χ3n) is 5.14. The first kappa shape index (κ1) is 20.7. The van der Waals surface area contributed by atoms with Crippen LogP contribution in [0.15, 0.2) is 91.1 Å². The van der Waals surface area contributed by atoms with Crippen molar-refractivity contribution >= 4 is 34.2 Å². The Kier molecular flexibility index (Phi) is 5.50. The van der Waals surface area contributed by atoms with E-state index < -0.39 is 0 Å². The van der Waals surface area contributed by atoms with Gasteiger partial charge in [-0.3, -0.25) is 4.79 Å². The van der Waals surface area contributed by atoms with E-state index in [1.807, 2.05) is 67.6 Å². The predicted octanol–water partition coefficient (Wildman–Crippen LogP) is 6.43.